The number of thiocarbonyl (C=S) groups is 1. The van der Waals surface area contributed by atoms with Crippen molar-refractivity contribution >= 4 is 29.1 Å². The molecule has 3 N–H and O–H groups in total. The molecule has 0 aliphatic rings. The van der Waals surface area contributed by atoms with Crippen molar-refractivity contribution in [2.45, 2.75) is 6.61 Å². The normalized spacial score (nSPS) is 9.68. The van der Waals surface area contributed by atoms with Crippen LogP contribution in [0.5, 0.6) is 5.75 Å². The van der Waals surface area contributed by atoms with Gasteiger partial charge in [-0.15, -0.1) is 0 Å². The number of anilines is 1. The van der Waals surface area contributed by atoms with E-state index in [2.05, 4.69) is 25.6 Å². The third-order valence-electron chi connectivity index (χ3n) is 1.80. The Morgan fingerprint density at radius 2 is 1.89 bits per heavy atom. The summed E-state index contributed by atoms with van der Waals surface area (Å²) < 4.78 is 32.3. The summed E-state index contributed by atoms with van der Waals surface area (Å²) in [7, 11) is 1.20. The summed E-state index contributed by atoms with van der Waals surface area (Å²) in [6.45, 7) is -2.87. The molecule has 0 aromatic heterocycles. The summed E-state index contributed by atoms with van der Waals surface area (Å²) >= 11 is 4.86. The lowest BCUT2D eigenvalue weighted by atomic mass is 10.3. The quantitative estimate of drug-likeness (QED) is 0.583. The summed E-state index contributed by atoms with van der Waals surface area (Å²) in [4.78, 5) is 10.7. The number of hydrogen-bond donors (Lipinski definition) is 3. The largest absolute Gasteiger partial charge is 0.452 e. The van der Waals surface area contributed by atoms with Crippen LogP contribution in [-0.2, 0) is 4.74 Å². The lowest BCUT2D eigenvalue weighted by molar-refractivity contribution is -0.0498. The first-order valence-corrected chi connectivity index (χ1v) is 5.38. The molecular formula is C10H11F2N3O3S. The van der Waals surface area contributed by atoms with Crippen molar-refractivity contribution in [3.8, 4) is 5.75 Å². The van der Waals surface area contributed by atoms with Crippen LogP contribution in [0.1, 0.15) is 0 Å². The minimum Gasteiger partial charge on any atom is -0.452 e. The number of ether oxygens (including phenoxy) is 2. The van der Waals surface area contributed by atoms with Crippen LogP contribution in [0.3, 0.4) is 0 Å². The van der Waals surface area contributed by atoms with Gasteiger partial charge in [0.1, 0.15) is 5.75 Å². The number of methoxy groups -OCH3 is 1. The Labute approximate surface area is 113 Å². The first-order chi connectivity index (χ1) is 9.01. The highest BCUT2D eigenvalue weighted by molar-refractivity contribution is 7.80. The molecule has 9 heteroatoms. The lowest BCUT2D eigenvalue weighted by Gasteiger charge is -2.11. The SMILES string of the molecule is COC(=O)NNC(=S)Nc1ccc(OC(F)F)cc1. The zero-order valence-corrected chi connectivity index (χ0v) is 10.6. The molecule has 0 spiro atoms. The van der Waals surface area contributed by atoms with E-state index in [1.54, 1.807) is 0 Å². The summed E-state index contributed by atoms with van der Waals surface area (Å²) in [5.74, 6) is 0.0344. The molecule has 1 rings (SSSR count). The van der Waals surface area contributed by atoms with Gasteiger partial charge in [-0.2, -0.15) is 8.78 Å². The van der Waals surface area contributed by atoms with Crippen molar-refractivity contribution in [3.63, 3.8) is 0 Å². The van der Waals surface area contributed by atoms with Gasteiger partial charge >= 0.3 is 12.7 Å². The second-order valence-electron chi connectivity index (χ2n) is 3.10. The molecule has 0 saturated heterocycles. The molecule has 0 unspecified atom stereocenters. The zero-order chi connectivity index (χ0) is 14.3. The number of carbonyl (C=O) groups excluding carboxylic acids is 1. The number of hydrazine groups is 1. The van der Waals surface area contributed by atoms with Crippen LogP contribution in [0.2, 0.25) is 0 Å². The predicted octanol–water partition coefficient (Wildman–Crippen LogP) is 1.85. The molecule has 1 aromatic rings. The third kappa shape index (κ3) is 5.82. The summed E-state index contributed by atoms with van der Waals surface area (Å²) in [5, 5.41) is 2.81. The molecule has 0 saturated carbocycles. The van der Waals surface area contributed by atoms with Crippen LogP contribution < -0.4 is 20.9 Å². The van der Waals surface area contributed by atoms with Gasteiger partial charge in [-0.3, -0.25) is 5.43 Å². The summed E-state index contributed by atoms with van der Waals surface area (Å²) in [6, 6.07) is 5.68. The van der Waals surface area contributed by atoms with Crippen molar-refractivity contribution in [3.05, 3.63) is 24.3 Å². The van der Waals surface area contributed by atoms with Gasteiger partial charge in [0.25, 0.3) is 0 Å². The fourth-order valence-electron chi connectivity index (χ4n) is 1.04. The second kappa shape index (κ2) is 7.31. The van der Waals surface area contributed by atoms with E-state index in [-0.39, 0.29) is 10.9 Å². The minimum absolute atomic E-state index is 0.0344. The molecule has 0 aliphatic carbocycles. The molecule has 0 heterocycles. The Balaban J connectivity index is 2.44. The van der Waals surface area contributed by atoms with Gasteiger partial charge in [0.15, 0.2) is 5.11 Å². The van der Waals surface area contributed by atoms with E-state index in [9.17, 15) is 13.6 Å². The Morgan fingerprint density at radius 1 is 1.26 bits per heavy atom. The van der Waals surface area contributed by atoms with E-state index < -0.39 is 12.7 Å². The van der Waals surface area contributed by atoms with Gasteiger partial charge in [-0.05, 0) is 36.5 Å². The van der Waals surface area contributed by atoms with Crippen LogP contribution >= 0.6 is 12.2 Å². The van der Waals surface area contributed by atoms with Crippen LogP contribution in [0.4, 0.5) is 19.3 Å². The van der Waals surface area contributed by atoms with Crippen LogP contribution in [0.25, 0.3) is 0 Å². The fraction of sp³-hybridized carbons (Fsp3) is 0.200. The fourth-order valence-corrected chi connectivity index (χ4v) is 1.21. The van der Waals surface area contributed by atoms with E-state index in [0.717, 1.165) is 0 Å². The third-order valence-corrected chi connectivity index (χ3v) is 2.00. The topological polar surface area (TPSA) is 71.6 Å². The molecule has 104 valence electrons. The minimum atomic E-state index is -2.87. The molecule has 0 bridgehead atoms. The summed E-state index contributed by atoms with van der Waals surface area (Å²) in [6.07, 6.45) is -0.704. The highest BCUT2D eigenvalue weighted by atomic mass is 32.1. The van der Waals surface area contributed by atoms with Gasteiger partial charge in [0, 0.05) is 5.69 Å². The number of carbonyl (C=O) groups is 1. The van der Waals surface area contributed by atoms with Crippen molar-refractivity contribution < 1.29 is 23.0 Å². The Kier molecular flexibility index (Phi) is 5.73. The lowest BCUT2D eigenvalue weighted by Crippen LogP contribution is -2.43. The first kappa shape index (κ1) is 14.9. The highest BCUT2D eigenvalue weighted by Gasteiger charge is 2.04. The van der Waals surface area contributed by atoms with E-state index in [0.29, 0.717) is 5.69 Å². The number of halogens is 2. The van der Waals surface area contributed by atoms with E-state index >= 15 is 0 Å². The Morgan fingerprint density at radius 3 is 2.42 bits per heavy atom. The molecule has 0 fully saturated rings. The molecule has 0 atom stereocenters. The zero-order valence-electron chi connectivity index (χ0n) is 9.78. The van der Waals surface area contributed by atoms with Crippen molar-refractivity contribution in [2.24, 2.45) is 0 Å². The van der Waals surface area contributed by atoms with Crippen LogP contribution in [-0.4, -0.2) is 24.9 Å². The monoisotopic (exact) mass is 291 g/mol. The Bertz CT molecular complexity index is 442. The summed E-state index contributed by atoms with van der Waals surface area (Å²) in [5.41, 5.74) is 5.06. The number of rotatable bonds is 3. The molecule has 0 aliphatic heterocycles. The molecule has 19 heavy (non-hydrogen) atoms. The average molecular weight is 291 g/mol. The Hall–Kier alpha value is -2.16. The maximum absolute atomic E-state index is 11.9. The van der Waals surface area contributed by atoms with Gasteiger partial charge in [0.2, 0.25) is 0 Å². The number of amides is 1. The maximum Gasteiger partial charge on any atom is 0.425 e. The standard InChI is InChI=1S/C10H11F2N3O3S/c1-17-10(16)15-14-9(19)13-6-2-4-7(5-3-6)18-8(11)12/h2-5,8H,1H3,(H,15,16)(H2,13,14,19). The number of hydrogen-bond acceptors (Lipinski definition) is 4. The average Bonchev–Trinajstić information content (AvgIpc) is 2.37. The maximum atomic E-state index is 11.9. The first-order valence-electron chi connectivity index (χ1n) is 4.97. The van der Waals surface area contributed by atoms with Crippen LogP contribution in [0.15, 0.2) is 24.3 Å². The van der Waals surface area contributed by atoms with E-state index in [1.165, 1.54) is 31.4 Å². The van der Waals surface area contributed by atoms with Gasteiger partial charge in [0.05, 0.1) is 7.11 Å². The molecule has 0 radical (unpaired) electrons. The smallest absolute Gasteiger partial charge is 0.425 e. The van der Waals surface area contributed by atoms with Crippen LogP contribution in [0, 0.1) is 0 Å². The number of benzene rings is 1. The molecule has 1 amide bonds. The molecular weight excluding hydrogens is 280 g/mol. The molecule has 1 aromatic carbocycles. The van der Waals surface area contributed by atoms with Gasteiger partial charge in [-0.1, -0.05) is 0 Å². The van der Waals surface area contributed by atoms with Crippen molar-refractivity contribution in [2.75, 3.05) is 12.4 Å². The molecule has 6 nitrogen and oxygen atoms in total. The van der Waals surface area contributed by atoms with Gasteiger partial charge in [-0.25, -0.2) is 10.2 Å². The second-order valence-corrected chi connectivity index (χ2v) is 3.51. The van der Waals surface area contributed by atoms with Crippen molar-refractivity contribution in [1.29, 1.82) is 0 Å². The highest BCUT2D eigenvalue weighted by Crippen LogP contribution is 2.17. The van der Waals surface area contributed by atoms with E-state index in [1.807, 2.05) is 0 Å². The van der Waals surface area contributed by atoms with Crippen molar-refractivity contribution in [1.82, 2.24) is 10.9 Å². The van der Waals surface area contributed by atoms with Gasteiger partial charge < -0.3 is 14.8 Å². The number of nitrogens with one attached hydrogen (secondary N) is 3. The number of alkyl halides is 2. The van der Waals surface area contributed by atoms with E-state index in [4.69, 9.17) is 12.2 Å². The predicted molar refractivity (Wildman–Crippen MR) is 68.0 cm³/mol.